The molecule has 0 amide bonds. The Labute approximate surface area is 92.1 Å². The largest absolute Gasteiger partial charge is 0.356 e. The zero-order chi connectivity index (χ0) is 9.80. The van der Waals surface area contributed by atoms with Gasteiger partial charge in [0.25, 0.3) is 0 Å². The molecule has 0 spiro atoms. The number of halogens is 1. The molecule has 1 unspecified atom stereocenters. The fourth-order valence-electron chi connectivity index (χ4n) is 1.33. The second-order valence-electron chi connectivity index (χ2n) is 3.09. The van der Waals surface area contributed by atoms with Crippen LogP contribution in [0.5, 0.6) is 0 Å². The SMILES string of the molecule is BrC1C=CC=CN1Cc1ccccn1. The lowest BCUT2D eigenvalue weighted by atomic mass is 10.3. The van der Waals surface area contributed by atoms with E-state index in [0.717, 1.165) is 12.2 Å². The number of hydrogen-bond acceptors (Lipinski definition) is 2. The second kappa shape index (κ2) is 4.42. The van der Waals surface area contributed by atoms with Gasteiger partial charge < -0.3 is 4.90 Å². The molecule has 0 radical (unpaired) electrons. The van der Waals surface area contributed by atoms with Crippen LogP contribution < -0.4 is 0 Å². The Bertz CT molecular complexity index is 346. The first-order chi connectivity index (χ1) is 6.86. The summed E-state index contributed by atoms with van der Waals surface area (Å²) in [5, 5.41) is 0. The van der Waals surface area contributed by atoms with E-state index in [1.54, 1.807) is 0 Å². The fourth-order valence-corrected chi connectivity index (χ4v) is 1.78. The Hall–Kier alpha value is -1.09. The van der Waals surface area contributed by atoms with E-state index < -0.39 is 0 Å². The highest BCUT2D eigenvalue weighted by Crippen LogP contribution is 2.16. The third-order valence-electron chi connectivity index (χ3n) is 2.05. The molecular formula is C11H11BrN2. The summed E-state index contributed by atoms with van der Waals surface area (Å²) in [6.07, 6.45) is 10.0. The Kier molecular flexibility index (Phi) is 2.99. The van der Waals surface area contributed by atoms with Gasteiger partial charge in [-0.1, -0.05) is 34.1 Å². The van der Waals surface area contributed by atoms with Crippen molar-refractivity contribution in [2.24, 2.45) is 0 Å². The molecule has 14 heavy (non-hydrogen) atoms. The quantitative estimate of drug-likeness (QED) is 0.593. The molecule has 1 aliphatic rings. The van der Waals surface area contributed by atoms with Crippen LogP contribution in [-0.4, -0.2) is 14.8 Å². The van der Waals surface area contributed by atoms with Crippen LogP contribution in [0.1, 0.15) is 5.69 Å². The third-order valence-corrected chi connectivity index (χ3v) is 2.88. The average molecular weight is 251 g/mol. The summed E-state index contributed by atoms with van der Waals surface area (Å²) in [5.74, 6) is 0. The molecule has 0 N–H and O–H groups in total. The van der Waals surface area contributed by atoms with Crippen LogP contribution in [0.4, 0.5) is 0 Å². The van der Waals surface area contributed by atoms with Crippen LogP contribution in [0.2, 0.25) is 0 Å². The van der Waals surface area contributed by atoms with Gasteiger partial charge in [0.05, 0.1) is 12.2 Å². The van der Waals surface area contributed by atoms with E-state index in [2.05, 4.69) is 38.1 Å². The van der Waals surface area contributed by atoms with Gasteiger partial charge in [-0.2, -0.15) is 0 Å². The molecule has 0 saturated carbocycles. The number of rotatable bonds is 2. The molecule has 0 aromatic carbocycles. The average Bonchev–Trinajstić information content (AvgIpc) is 2.23. The molecule has 0 aliphatic carbocycles. The van der Waals surface area contributed by atoms with E-state index in [9.17, 15) is 0 Å². The van der Waals surface area contributed by atoms with Crippen molar-refractivity contribution >= 4 is 15.9 Å². The normalized spacial score (nSPS) is 20.1. The lowest BCUT2D eigenvalue weighted by Gasteiger charge is -2.25. The van der Waals surface area contributed by atoms with E-state index in [0.29, 0.717) is 0 Å². The van der Waals surface area contributed by atoms with Gasteiger partial charge >= 0.3 is 0 Å². The number of allylic oxidation sites excluding steroid dienone is 2. The van der Waals surface area contributed by atoms with E-state index in [1.165, 1.54) is 0 Å². The minimum atomic E-state index is 0.273. The van der Waals surface area contributed by atoms with Crippen LogP contribution >= 0.6 is 15.9 Å². The summed E-state index contributed by atoms with van der Waals surface area (Å²) in [6.45, 7) is 0.831. The van der Waals surface area contributed by atoms with Crippen LogP contribution in [0.25, 0.3) is 0 Å². The van der Waals surface area contributed by atoms with Gasteiger partial charge in [-0.05, 0) is 18.2 Å². The molecule has 0 bridgehead atoms. The maximum atomic E-state index is 4.29. The van der Waals surface area contributed by atoms with Gasteiger partial charge in [-0.3, -0.25) is 4.98 Å². The van der Waals surface area contributed by atoms with Crippen molar-refractivity contribution in [1.29, 1.82) is 0 Å². The molecule has 1 atom stereocenters. The predicted octanol–water partition coefficient (Wildman–Crippen LogP) is 2.69. The second-order valence-corrected chi connectivity index (χ2v) is 4.03. The molecule has 1 aromatic rings. The van der Waals surface area contributed by atoms with Gasteiger partial charge in [0.1, 0.15) is 4.95 Å². The molecule has 2 heterocycles. The van der Waals surface area contributed by atoms with Crippen molar-refractivity contribution in [3.63, 3.8) is 0 Å². The summed E-state index contributed by atoms with van der Waals surface area (Å²) in [5.41, 5.74) is 1.08. The highest BCUT2D eigenvalue weighted by molar-refractivity contribution is 9.09. The number of pyridine rings is 1. The van der Waals surface area contributed by atoms with Gasteiger partial charge in [0.2, 0.25) is 0 Å². The van der Waals surface area contributed by atoms with Gasteiger partial charge in [0, 0.05) is 12.4 Å². The molecule has 2 nitrogen and oxygen atoms in total. The number of alkyl halides is 1. The zero-order valence-corrected chi connectivity index (χ0v) is 9.26. The molecule has 1 aromatic heterocycles. The maximum absolute atomic E-state index is 4.29. The first-order valence-corrected chi connectivity index (χ1v) is 5.42. The molecule has 72 valence electrons. The van der Waals surface area contributed by atoms with Crippen LogP contribution in [0, 0.1) is 0 Å². The fraction of sp³-hybridized carbons (Fsp3) is 0.182. The number of aromatic nitrogens is 1. The van der Waals surface area contributed by atoms with E-state index in [4.69, 9.17) is 0 Å². The summed E-state index contributed by atoms with van der Waals surface area (Å²) < 4.78 is 0. The Balaban J connectivity index is 2.05. The highest BCUT2D eigenvalue weighted by Gasteiger charge is 2.10. The van der Waals surface area contributed by atoms with Crippen molar-refractivity contribution in [3.8, 4) is 0 Å². The number of hydrogen-bond donors (Lipinski definition) is 0. The van der Waals surface area contributed by atoms with Crippen LogP contribution in [-0.2, 0) is 6.54 Å². The van der Waals surface area contributed by atoms with E-state index in [-0.39, 0.29) is 4.95 Å². The molecule has 0 saturated heterocycles. The summed E-state index contributed by atoms with van der Waals surface area (Å²) in [6, 6.07) is 5.97. The third kappa shape index (κ3) is 2.23. The van der Waals surface area contributed by atoms with E-state index >= 15 is 0 Å². The van der Waals surface area contributed by atoms with Crippen molar-refractivity contribution in [2.45, 2.75) is 11.5 Å². The minimum absolute atomic E-state index is 0.273. The molecule has 2 rings (SSSR count). The summed E-state index contributed by atoms with van der Waals surface area (Å²) >= 11 is 3.57. The monoisotopic (exact) mass is 250 g/mol. The lowest BCUT2D eigenvalue weighted by Crippen LogP contribution is -2.25. The Morgan fingerprint density at radius 1 is 1.36 bits per heavy atom. The summed E-state index contributed by atoms with van der Waals surface area (Å²) in [7, 11) is 0. The van der Waals surface area contributed by atoms with Crippen LogP contribution in [0.3, 0.4) is 0 Å². The lowest BCUT2D eigenvalue weighted by molar-refractivity contribution is 0.380. The summed E-state index contributed by atoms with van der Waals surface area (Å²) in [4.78, 5) is 6.74. The standard InChI is InChI=1S/C11H11BrN2/c12-11-6-2-4-8-14(11)9-10-5-1-3-7-13-10/h1-8,11H,9H2. The van der Waals surface area contributed by atoms with Crippen molar-refractivity contribution < 1.29 is 0 Å². The maximum Gasteiger partial charge on any atom is 0.103 e. The minimum Gasteiger partial charge on any atom is -0.356 e. The van der Waals surface area contributed by atoms with Gasteiger partial charge in [-0.25, -0.2) is 0 Å². The first kappa shape index (κ1) is 9.46. The number of nitrogens with zero attached hydrogens (tertiary/aromatic N) is 2. The molecular weight excluding hydrogens is 240 g/mol. The van der Waals surface area contributed by atoms with Crippen molar-refractivity contribution in [3.05, 3.63) is 54.5 Å². The van der Waals surface area contributed by atoms with Crippen molar-refractivity contribution in [2.75, 3.05) is 0 Å². The van der Waals surface area contributed by atoms with Gasteiger partial charge in [0.15, 0.2) is 0 Å². The topological polar surface area (TPSA) is 16.1 Å². The predicted molar refractivity (Wildman–Crippen MR) is 60.8 cm³/mol. The highest BCUT2D eigenvalue weighted by atomic mass is 79.9. The Morgan fingerprint density at radius 3 is 3.00 bits per heavy atom. The molecule has 3 heteroatoms. The Morgan fingerprint density at radius 2 is 2.29 bits per heavy atom. The molecule has 1 aliphatic heterocycles. The van der Waals surface area contributed by atoms with E-state index in [1.807, 2.05) is 36.5 Å². The first-order valence-electron chi connectivity index (χ1n) is 4.51. The van der Waals surface area contributed by atoms with Gasteiger partial charge in [-0.15, -0.1) is 0 Å². The smallest absolute Gasteiger partial charge is 0.103 e. The molecule has 0 fully saturated rings. The van der Waals surface area contributed by atoms with Crippen LogP contribution in [0.15, 0.2) is 48.8 Å². The zero-order valence-electron chi connectivity index (χ0n) is 7.68. The van der Waals surface area contributed by atoms with Crippen molar-refractivity contribution in [1.82, 2.24) is 9.88 Å².